The number of hydrogen-bond donors (Lipinski definition) is 2. The smallest absolute Gasteiger partial charge is 0.277 e. The van der Waals surface area contributed by atoms with E-state index in [9.17, 15) is 9.59 Å². The average Bonchev–Trinajstić information content (AvgIpc) is 3.30. The van der Waals surface area contributed by atoms with E-state index < -0.39 is 5.91 Å². The summed E-state index contributed by atoms with van der Waals surface area (Å²) in [6, 6.07) is 19.1. The summed E-state index contributed by atoms with van der Waals surface area (Å²) in [5.74, 6) is -0.316. The predicted octanol–water partition coefficient (Wildman–Crippen LogP) is 3.52. The summed E-state index contributed by atoms with van der Waals surface area (Å²) in [4.78, 5) is 30.9. The first-order valence-electron chi connectivity index (χ1n) is 8.87. The minimum absolute atomic E-state index is 0.203. The Kier molecular flexibility index (Phi) is 7.34. The highest BCUT2D eigenvalue weighted by Crippen LogP contribution is 2.15. The summed E-state index contributed by atoms with van der Waals surface area (Å²) in [6.45, 7) is 0.716. The first kappa shape index (κ1) is 20.5. The van der Waals surface area contributed by atoms with Gasteiger partial charge in [-0.3, -0.25) is 19.6 Å². The van der Waals surface area contributed by atoms with Gasteiger partial charge in [-0.25, -0.2) is 10.5 Å². The number of hydroxylamine groups is 3. The lowest BCUT2D eigenvalue weighted by molar-refractivity contribution is -0.136. The summed E-state index contributed by atoms with van der Waals surface area (Å²) >= 11 is 1.55. The van der Waals surface area contributed by atoms with Crippen molar-refractivity contribution in [3.05, 3.63) is 88.1 Å². The van der Waals surface area contributed by atoms with E-state index in [2.05, 4.69) is 0 Å². The van der Waals surface area contributed by atoms with Crippen molar-refractivity contribution in [1.82, 2.24) is 10.5 Å². The van der Waals surface area contributed by atoms with Crippen molar-refractivity contribution in [1.29, 1.82) is 0 Å². The quantitative estimate of drug-likeness (QED) is 0.415. The van der Waals surface area contributed by atoms with Crippen LogP contribution in [0.5, 0.6) is 5.75 Å². The molecule has 3 aromatic rings. The molecule has 0 aliphatic carbocycles. The fourth-order valence-electron chi connectivity index (χ4n) is 2.50. The highest BCUT2D eigenvalue weighted by molar-refractivity contribution is 7.09. The molecule has 1 aromatic heterocycles. The van der Waals surface area contributed by atoms with Crippen LogP contribution in [0.2, 0.25) is 0 Å². The molecule has 1 heterocycles. The SMILES string of the molecule is O=C(NO)c1ccc(OCCN(OCc2cccs2)C(=O)c2ccccc2)cc1. The van der Waals surface area contributed by atoms with Gasteiger partial charge in [-0.1, -0.05) is 24.3 Å². The molecule has 0 saturated heterocycles. The summed E-state index contributed by atoms with van der Waals surface area (Å²) in [5.41, 5.74) is 2.40. The van der Waals surface area contributed by atoms with Gasteiger partial charge in [-0.2, -0.15) is 0 Å². The van der Waals surface area contributed by atoms with E-state index in [1.54, 1.807) is 53.2 Å². The van der Waals surface area contributed by atoms with Gasteiger partial charge in [0.25, 0.3) is 11.8 Å². The van der Waals surface area contributed by atoms with Gasteiger partial charge >= 0.3 is 0 Å². The van der Waals surface area contributed by atoms with Crippen molar-refractivity contribution >= 4 is 23.2 Å². The average molecular weight is 412 g/mol. The topological polar surface area (TPSA) is 88.1 Å². The first-order chi connectivity index (χ1) is 14.2. The number of rotatable bonds is 9. The molecule has 150 valence electrons. The Morgan fingerprint density at radius 2 is 1.72 bits per heavy atom. The Morgan fingerprint density at radius 1 is 0.966 bits per heavy atom. The van der Waals surface area contributed by atoms with Gasteiger partial charge < -0.3 is 4.74 Å². The number of ether oxygens (including phenoxy) is 1. The van der Waals surface area contributed by atoms with Crippen LogP contribution in [0.3, 0.4) is 0 Å². The molecule has 0 fully saturated rings. The van der Waals surface area contributed by atoms with E-state index in [-0.39, 0.29) is 19.1 Å². The van der Waals surface area contributed by atoms with Gasteiger partial charge in [-0.15, -0.1) is 11.3 Å². The van der Waals surface area contributed by atoms with E-state index >= 15 is 0 Å². The number of carbonyl (C=O) groups is 2. The number of nitrogens with zero attached hydrogens (tertiary/aromatic N) is 1. The standard InChI is InChI=1S/C21H20N2O5S/c24-20(22-26)16-8-10-18(11-9-16)27-13-12-23(28-15-19-7-4-14-29-19)21(25)17-5-2-1-3-6-17/h1-11,14,26H,12-13,15H2,(H,22,24). The Balaban J connectivity index is 1.60. The van der Waals surface area contributed by atoms with Crippen LogP contribution in [0.15, 0.2) is 72.1 Å². The van der Waals surface area contributed by atoms with Crippen LogP contribution in [0, 0.1) is 0 Å². The van der Waals surface area contributed by atoms with E-state index in [4.69, 9.17) is 14.8 Å². The molecular formula is C21H20N2O5S. The van der Waals surface area contributed by atoms with Crippen molar-refractivity contribution in [2.75, 3.05) is 13.2 Å². The Morgan fingerprint density at radius 3 is 2.38 bits per heavy atom. The highest BCUT2D eigenvalue weighted by atomic mass is 32.1. The third-order valence-electron chi connectivity index (χ3n) is 3.97. The molecule has 0 bridgehead atoms. The molecule has 3 rings (SSSR count). The molecule has 2 aromatic carbocycles. The Hall–Kier alpha value is -3.20. The van der Waals surface area contributed by atoms with E-state index in [0.717, 1.165) is 4.88 Å². The number of benzene rings is 2. The molecule has 0 aliphatic rings. The normalized spacial score (nSPS) is 10.4. The van der Waals surface area contributed by atoms with Gasteiger partial charge in [-0.05, 0) is 47.8 Å². The van der Waals surface area contributed by atoms with Crippen molar-refractivity contribution in [2.24, 2.45) is 0 Å². The summed E-state index contributed by atoms with van der Waals surface area (Å²) in [6.07, 6.45) is 0. The number of amides is 2. The van der Waals surface area contributed by atoms with Crippen LogP contribution < -0.4 is 10.2 Å². The first-order valence-corrected chi connectivity index (χ1v) is 9.75. The fourth-order valence-corrected chi connectivity index (χ4v) is 3.11. The molecule has 0 unspecified atom stereocenters. The van der Waals surface area contributed by atoms with Gasteiger partial charge in [0.2, 0.25) is 0 Å². The van der Waals surface area contributed by atoms with E-state index in [0.29, 0.717) is 23.5 Å². The maximum Gasteiger partial charge on any atom is 0.277 e. The maximum absolute atomic E-state index is 12.8. The van der Waals surface area contributed by atoms with Crippen molar-refractivity contribution in [3.63, 3.8) is 0 Å². The molecule has 0 atom stereocenters. The fraction of sp³-hybridized carbons (Fsp3) is 0.143. The minimum atomic E-state index is -0.599. The molecule has 29 heavy (non-hydrogen) atoms. The second-order valence-electron chi connectivity index (χ2n) is 5.94. The van der Waals surface area contributed by atoms with Crippen LogP contribution in [0.1, 0.15) is 25.6 Å². The number of nitrogens with one attached hydrogen (secondary N) is 1. The van der Waals surface area contributed by atoms with E-state index in [1.807, 2.05) is 23.6 Å². The van der Waals surface area contributed by atoms with Crippen LogP contribution in [-0.2, 0) is 11.4 Å². The monoisotopic (exact) mass is 412 g/mol. The third kappa shape index (κ3) is 5.89. The maximum atomic E-state index is 12.8. The zero-order valence-electron chi connectivity index (χ0n) is 15.5. The van der Waals surface area contributed by atoms with Crippen LogP contribution in [-0.4, -0.2) is 35.2 Å². The predicted molar refractivity (Wildman–Crippen MR) is 108 cm³/mol. The number of carbonyl (C=O) groups excluding carboxylic acids is 2. The second kappa shape index (κ2) is 10.4. The van der Waals surface area contributed by atoms with Gasteiger partial charge in [0.15, 0.2) is 0 Å². The molecule has 8 heteroatoms. The Labute approximate surface area is 172 Å². The largest absolute Gasteiger partial charge is 0.492 e. The lowest BCUT2D eigenvalue weighted by atomic mass is 10.2. The minimum Gasteiger partial charge on any atom is -0.492 e. The summed E-state index contributed by atoms with van der Waals surface area (Å²) < 4.78 is 5.66. The summed E-state index contributed by atoms with van der Waals surface area (Å²) in [7, 11) is 0. The zero-order chi connectivity index (χ0) is 20.5. The Bertz CT molecular complexity index is 914. The highest BCUT2D eigenvalue weighted by Gasteiger charge is 2.17. The molecule has 0 radical (unpaired) electrons. The van der Waals surface area contributed by atoms with Crippen molar-refractivity contribution in [2.45, 2.75) is 6.61 Å². The number of hydrogen-bond acceptors (Lipinski definition) is 6. The van der Waals surface area contributed by atoms with Crippen LogP contribution >= 0.6 is 11.3 Å². The lowest BCUT2D eigenvalue weighted by Crippen LogP contribution is -2.34. The lowest BCUT2D eigenvalue weighted by Gasteiger charge is -2.22. The molecular weight excluding hydrogens is 392 g/mol. The third-order valence-corrected chi connectivity index (χ3v) is 4.82. The molecule has 7 nitrogen and oxygen atoms in total. The second-order valence-corrected chi connectivity index (χ2v) is 6.97. The van der Waals surface area contributed by atoms with Gasteiger partial charge in [0.1, 0.15) is 19.0 Å². The molecule has 2 amide bonds. The van der Waals surface area contributed by atoms with Gasteiger partial charge in [0.05, 0.1) is 6.54 Å². The summed E-state index contributed by atoms with van der Waals surface area (Å²) in [5, 5.41) is 11.9. The van der Waals surface area contributed by atoms with Crippen molar-refractivity contribution in [3.8, 4) is 5.75 Å². The molecule has 2 N–H and O–H groups in total. The van der Waals surface area contributed by atoms with Crippen LogP contribution in [0.4, 0.5) is 0 Å². The van der Waals surface area contributed by atoms with E-state index in [1.165, 1.54) is 17.2 Å². The van der Waals surface area contributed by atoms with Gasteiger partial charge in [0, 0.05) is 16.0 Å². The molecule has 0 saturated carbocycles. The molecule has 0 aliphatic heterocycles. The molecule has 0 spiro atoms. The van der Waals surface area contributed by atoms with Crippen LogP contribution in [0.25, 0.3) is 0 Å². The zero-order valence-corrected chi connectivity index (χ0v) is 16.3. The number of thiophene rings is 1. The van der Waals surface area contributed by atoms with Crippen molar-refractivity contribution < 1.29 is 24.4 Å².